The number of carbonyl (C=O) groups excluding carboxylic acids is 2. The van der Waals surface area contributed by atoms with E-state index in [2.05, 4.69) is 48.3 Å². The van der Waals surface area contributed by atoms with Crippen molar-refractivity contribution in [3.63, 3.8) is 0 Å². The third-order valence-electron chi connectivity index (χ3n) is 6.24. The van der Waals surface area contributed by atoms with E-state index in [1.165, 1.54) is 11.3 Å². The molecule has 1 N–H and O–H groups in total. The Morgan fingerprint density at radius 2 is 1.64 bits per heavy atom. The predicted octanol–water partition coefficient (Wildman–Crippen LogP) is 4.59. The van der Waals surface area contributed by atoms with Gasteiger partial charge in [0, 0.05) is 36.9 Å². The van der Waals surface area contributed by atoms with Crippen LogP contribution in [0, 0.1) is 6.92 Å². The van der Waals surface area contributed by atoms with Crippen LogP contribution >= 0.6 is 0 Å². The average molecular weight is 442 g/mol. The number of hydrogen-bond donors (Lipinski definition) is 1. The number of hydrogen-bond acceptors (Lipinski definition) is 3. The Labute approximate surface area is 196 Å². The Balaban J connectivity index is 1.44. The van der Waals surface area contributed by atoms with Gasteiger partial charge in [-0.3, -0.25) is 9.59 Å². The van der Waals surface area contributed by atoms with Crippen molar-refractivity contribution >= 4 is 17.5 Å². The third-order valence-corrected chi connectivity index (χ3v) is 6.24. The van der Waals surface area contributed by atoms with Crippen LogP contribution in [0.4, 0.5) is 5.69 Å². The maximum absolute atomic E-state index is 13.3. The lowest BCUT2D eigenvalue weighted by Crippen LogP contribution is -2.54. The minimum absolute atomic E-state index is 0.0629. The number of amides is 2. The molecule has 1 aliphatic heterocycles. The zero-order valence-electron chi connectivity index (χ0n) is 19.3. The molecule has 3 aromatic rings. The minimum atomic E-state index is -0.378. The van der Waals surface area contributed by atoms with Crippen LogP contribution in [-0.4, -0.2) is 42.4 Å². The number of nitrogens with one attached hydrogen (secondary N) is 1. The second-order valence-corrected chi connectivity index (χ2v) is 8.73. The molecule has 0 unspecified atom stereocenters. The summed E-state index contributed by atoms with van der Waals surface area (Å²) in [5, 5.41) is 3.07. The third kappa shape index (κ3) is 5.61. The molecule has 3 aromatic carbocycles. The molecule has 5 nitrogen and oxygen atoms in total. The van der Waals surface area contributed by atoms with E-state index in [4.69, 9.17) is 0 Å². The van der Waals surface area contributed by atoms with E-state index in [-0.39, 0.29) is 30.3 Å². The Morgan fingerprint density at radius 1 is 0.939 bits per heavy atom. The van der Waals surface area contributed by atoms with Crippen LogP contribution in [0.2, 0.25) is 0 Å². The van der Waals surface area contributed by atoms with Gasteiger partial charge in [0.05, 0.1) is 12.5 Å². The fourth-order valence-electron chi connectivity index (χ4n) is 4.45. The summed E-state index contributed by atoms with van der Waals surface area (Å²) < 4.78 is 0. The minimum Gasteiger partial charge on any atom is -0.365 e. The standard InChI is InChI=1S/C28H31N3O2/c1-21-10-9-15-25(18-21)31-17-16-30(20-22(31)2)27(32)19-26(23-11-5-3-6-12-23)29-28(33)24-13-7-4-8-14-24/h3-15,18,22,26H,16-17,19-20H2,1-2H3,(H,29,33)/t22-,26-/m0/s1. The monoisotopic (exact) mass is 441 g/mol. The van der Waals surface area contributed by atoms with E-state index in [9.17, 15) is 9.59 Å². The van der Waals surface area contributed by atoms with Gasteiger partial charge in [-0.25, -0.2) is 0 Å². The molecule has 0 aromatic heterocycles. The molecule has 1 saturated heterocycles. The van der Waals surface area contributed by atoms with Crippen LogP contribution in [0.15, 0.2) is 84.9 Å². The molecule has 170 valence electrons. The molecule has 0 radical (unpaired) electrons. The van der Waals surface area contributed by atoms with Gasteiger partial charge >= 0.3 is 0 Å². The van der Waals surface area contributed by atoms with Crippen molar-refractivity contribution in [3.05, 3.63) is 102 Å². The largest absolute Gasteiger partial charge is 0.365 e. The molecule has 0 saturated carbocycles. The van der Waals surface area contributed by atoms with E-state index in [0.717, 1.165) is 12.1 Å². The summed E-state index contributed by atoms with van der Waals surface area (Å²) in [7, 11) is 0. The van der Waals surface area contributed by atoms with Crippen molar-refractivity contribution in [1.29, 1.82) is 0 Å². The molecule has 1 aliphatic rings. The topological polar surface area (TPSA) is 52.6 Å². The fourth-order valence-corrected chi connectivity index (χ4v) is 4.45. The smallest absolute Gasteiger partial charge is 0.251 e. The lowest BCUT2D eigenvalue weighted by molar-refractivity contribution is -0.132. The molecular weight excluding hydrogens is 410 g/mol. The van der Waals surface area contributed by atoms with Crippen LogP contribution in [-0.2, 0) is 4.79 Å². The summed E-state index contributed by atoms with van der Waals surface area (Å²) in [6.07, 6.45) is 0.236. The number of benzene rings is 3. The average Bonchev–Trinajstić information content (AvgIpc) is 2.84. The molecule has 4 rings (SSSR count). The Kier molecular flexibility index (Phi) is 7.08. The summed E-state index contributed by atoms with van der Waals surface area (Å²) in [6.45, 7) is 6.39. The van der Waals surface area contributed by atoms with Crippen molar-refractivity contribution in [2.45, 2.75) is 32.4 Å². The Hall–Kier alpha value is -3.60. The van der Waals surface area contributed by atoms with Gasteiger partial charge in [0.15, 0.2) is 0 Å². The van der Waals surface area contributed by atoms with Gasteiger partial charge in [0.1, 0.15) is 0 Å². The first-order valence-electron chi connectivity index (χ1n) is 11.5. The molecule has 1 heterocycles. The summed E-state index contributed by atoms with van der Waals surface area (Å²) in [6, 6.07) is 27.2. The SMILES string of the molecule is Cc1cccc(N2CCN(C(=O)C[C@H](NC(=O)c3ccccc3)c3ccccc3)C[C@@H]2C)c1. The molecule has 0 spiro atoms. The van der Waals surface area contributed by atoms with E-state index in [1.54, 1.807) is 12.1 Å². The van der Waals surface area contributed by atoms with Crippen LogP contribution in [0.3, 0.4) is 0 Å². The first-order valence-corrected chi connectivity index (χ1v) is 11.5. The van der Waals surface area contributed by atoms with Gasteiger partial charge in [-0.15, -0.1) is 0 Å². The molecule has 2 atom stereocenters. The van der Waals surface area contributed by atoms with Crippen molar-refractivity contribution < 1.29 is 9.59 Å². The number of nitrogens with zero attached hydrogens (tertiary/aromatic N) is 2. The summed E-state index contributed by atoms with van der Waals surface area (Å²) in [5.74, 6) is -0.108. The van der Waals surface area contributed by atoms with Crippen LogP contribution in [0.1, 0.15) is 40.9 Å². The molecular formula is C28H31N3O2. The van der Waals surface area contributed by atoms with Gasteiger partial charge in [0.25, 0.3) is 5.91 Å². The maximum atomic E-state index is 13.3. The number of carbonyl (C=O) groups is 2. The van der Waals surface area contributed by atoms with Gasteiger partial charge < -0.3 is 15.1 Å². The first-order chi connectivity index (χ1) is 16.0. The highest BCUT2D eigenvalue weighted by Crippen LogP contribution is 2.24. The maximum Gasteiger partial charge on any atom is 0.251 e. The normalized spacial score (nSPS) is 16.8. The highest BCUT2D eigenvalue weighted by atomic mass is 16.2. The van der Waals surface area contributed by atoms with E-state index >= 15 is 0 Å². The van der Waals surface area contributed by atoms with E-state index in [1.807, 2.05) is 53.4 Å². The first kappa shape index (κ1) is 22.6. The fraction of sp³-hybridized carbons (Fsp3) is 0.286. The molecule has 0 bridgehead atoms. The number of anilines is 1. The van der Waals surface area contributed by atoms with Gasteiger partial charge in [0.2, 0.25) is 5.91 Å². The zero-order valence-corrected chi connectivity index (χ0v) is 19.3. The Morgan fingerprint density at radius 3 is 2.30 bits per heavy atom. The van der Waals surface area contributed by atoms with Crippen molar-refractivity contribution in [1.82, 2.24) is 10.2 Å². The number of piperazine rings is 1. The summed E-state index contributed by atoms with van der Waals surface area (Å²) in [4.78, 5) is 30.4. The van der Waals surface area contributed by atoms with E-state index in [0.29, 0.717) is 18.7 Å². The van der Waals surface area contributed by atoms with Crippen LogP contribution in [0.25, 0.3) is 0 Å². The van der Waals surface area contributed by atoms with Crippen molar-refractivity contribution in [2.75, 3.05) is 24.5 Å². The van der Waals surface area contributed by atoms with Crippen LogP contribution in [0.5, 0.6) is 0 Å². The van der Waals surface area contributed by atoms with Gasteiger partial charge in [-0.1, -0.05) is 60.7 Å². The second-order valence-electron chi connectivity index (χ2n) is 8.73. The molecule has 33 heavy (non-hydrogen) atoms. The second kappa shape index (κ2) is 10.3. The highest BCUT2D eigenvalue weighted by Gasteiger charge is 2.29. The Bertz CT molecular complexity index is 1080. The summed E-state index contributed by atoms with van der Waals surface area (Å²) >= 11 is 0. The van der Waals surface area contributed by atoms with Crippen LogP contribution < -0.4 is 10.2 Å². The number of rotatable bonds is 6. The predicted molar refractivity (Wildman–Crippen MR) is 132 cm³/mol. The van der Waals surface area contributed by atoms with Gasteiger partial charge in [-0.05, 0) is 49.2 Å². The zero-order chi connectivity index (χ0) is 23.2. The van der Waals surface area contributed by atoms with Gasteiger partial charge in [-0.2, -0.15) is 0 Å². The number of aryl methyl sites for hydroxylation is 1. The molecule has 2 amide bonds. The van der Waals surface area contributed by atoms with Crippen molar-refractivity contribution in [2.24, 2.45) is 0 Å². The highest BCUT2D eigenvalue weighted by molar-refractivity contribution is 5.94. The molecule has 5 heteroatoms. The lowest BCUT2D eigenvalue weighted by Gasteiger charge is -2.41. The lowest BCUT2D eigenvalue weighted by atomic mass is 10.0. The molecule has 1 fully saturated rings. The molecule has 0 aliphatic carbocycles. The quantitative estimate of drug-likeness (QED) is 0.609. The van der Waals surface area contributed by atoms with E-state index < -0.39 is 0 Å². The van der Waals surface area contributed by atoms with Crippen molar-refractivity contribution in [3.8, 4) is 0 Å². The summed E-state index contributed by atoms with van der Waals surface area (Å²) in [5.41, 5.74) is 3.96.